The summed E-state index contributed by atoms with van der Waals surface area (Å²) >= 11 is 0. The summed E-state index contributed by atoms with van der Waals surface area (Å²) in [4.78, 5) is 8.27. The standard InChI is InChI=1S/C21H15N7O2S/c29-31(30,17-7-4-11-22-14-17)27-16-6-3-5-15(13-16)18-9-10-20-24-25-21(28(20)26-18)19-8-1-2-12-23-19/h1-14,27H. The molecule has 0 unspecified atom stereocenters. The molecule has 0 aliphatic heterocycles. The van der Waals surface area contributed by atoms with Crippen molar-refractivity contribution in [3.8, 4) is 22.8 Å². The average molecular weight is 429 g/mol. The van der Waals surface area contributed by atoms with Crippen molar-refractivity contribution >= 4 is 21.4 Å². The van der Waals surface area contributed by atoms with Gasteiger partial charge >= 0.3 is 0 Å². The summed E-state index contributed by atoms with van der Waals surface area (Å²) in [6, 6.07) is 19.2. The van der Waals surface area contributed by atoms with Crippen molar-refractivity contribution in [2.75, 3.05) is 4.72 Å². The summed E-state index contributed by atoms with van der Waals surface area (Å²) in [7, 11) is -3.75. The van der Waals surface area contributed by atoms with Gasteiger partial charge in [0.15, 0.2) is 5.65 Å². The fourth-order valence-corrected chi connectivity index (χ4v) is 4.07. The molecule has 1 N–H and O–H groups in total. The SMILES string of the molecule is O=S(=O)(Nc1cccc(-c2ccc3nnc(-c4ccccn4)n3n2)c1)c1cccnc1. The van der Waals surface area contributed by atoms with E-state index in [2.05, 4.69) is 30.0 Å². The number of hydrogen-bond donors (Lipinski definition) is 1. The fraction of sp³-hybridized carbons (Fsp3) is 0. The van der Waals surface area contributed by atoms with E-state index in [0.717, 1.165) is 5.56 Å². The Morgan fingerprint density at radius 1 is 0.839 bits per heavy atom. The van der Waals surface area contributed by atoms with E-state index < -0.39 is 10.0 Å². The summed E-state index contributed by atoms with van der Waals surface area (Å²) in [5.74, 6) is 0.519. The first kappa shape index (κ1) is 18.8. The van der Waals surface area contributed by atoms with Gasteiger partial charge in [0.25, 0.3) is 10.0 Å². The summed E-state index contributed by atoms with van der Waals surface area (Å²) < 4.78 is 29.4. The van der Waals surface area contributed by atoms with E-state index >= 15 is 0 Å². The van der Waals surface area contributed by atoms with Crippen LogP contribution in [0.1, 0.15) is 0 Å². The van der Waals surface area contributed by atoms with Crippen LogP contribution in [0.3, 0.4) is 0 Å². The van der Waals surface area contributed by atoms with Crippen LogP contribution in [0.5, 0.6) is 0 Å². The normalized spacial score (nSPS) is 11.5. The third kappa shape index (κ3) is 3.71. The minimum absolute atomic E-state index is 0.0874. The number of benzene rings is 1. The molecule has 0 aliphatic carbocycles. The third-order valence-electron chi connectivity index (χ3n) is 4.51. The quantitative estimate of drug-likeness (QED) is 0.456. The smallest absolute Gasteiger partial charge is 0.263 e. The first-order valence-electron chi connectivity index (χ1n) is 9.27. The van der Waals surface area contributed by atoms with Gasteiger partial charge in [0.1, 0.15) is 10.6 Å². The Kier molecular flexibility index (Phi) is 4.60. The molecular weight excluding hydrogens is 414 g/mol. The van der Waals surface area contributed by atoms with Crippen LogP contribution in [-0.4, -0.2) is 38.2 Å². The maximum Gasteiger partial charge on any atom is 0.263 e. The van der Waals surface area contributed by atoms with Gasteiger partial charge in [-0.15, -0.1) is 10.2 Å². The van der Waals surface area contributed by atoms with Crippen LogP contribution in [0, 0.1) is 0 Å². The largest absolute Gasteiger partial charge is 0.280 e. The zero-order valence-corrected chi connectivity index (χ0v) is 16.8. The molecule has 0 bridgehead atoms. The molecule has 4 aromatic heterocycles. The number of rotatable bonds is 5. The Labute approximate surface area is 177 Å². The lowest BCUT2D eigenvalue weighted by Gasteiger charge is -2.09. The predicted molar refractivity (Wildman–Crippen MR) is 114 cm³/mol. The summed E-state index contributed by atoms with van der Waals surface area (Å²) in [6.07, 6.45) is 4.50. The second-order valence-corrected chi connectivity index (χ2v) is 8.28. The second kappa shape index (κ2) is 7.58. The predicted octanol–water partition coefficient (Wildman–Crippen LogP) is 3.05. The first-order valence-corrected chi connectivity index (χ1v) is 10.8. The van der Waals surface area contributed by atoms with Crippen molar-refractivity contribution in [2.24, 2.45) is 0 Å². The molecule has 0 aliphatic rings. The van der Waals surface area contributed by atoms with Crippen LogP contribution in [0.4, 0.5) is 5.69 Å². The fourth-order valence-electron chi connectivity index (χ4n) is 3.06. The van der Waals surface area contributed by atoms with Gasteiger partial charge in [0.05, 0.1) is 5.69 Å². The van der Waals surface area contributed by atoms with Gasteiger partial charge in [-0.1, -0.05) is 18.2 Å². The topological polar surface area (TPSA) is 115 Å². The average Bonchev–Trinajstić information content (AvgIpc) is 3.23. The zero-order chi connectivity index (χ0) is 21.3. The molecule has 1 aromatic carbocycles. The highest BCUT2D eigenvalue weighted by Crippen LogP contribution is 2.24. The molecule has 0 saturated carbocycles. The van der Waals surface area contributed by atoms with Gasteiger partial charge in [0.2, 0.25) is 5.82 Å². The number of pyridine rings is 2. The van der Waals surface area contributed by atoms with E-state index in [1.807, 2.05) is 24.3 Å². The number of hydrogen-bond acceptors (Lipinski definition) is 7. The minimum atomic E-state index is -3.75. The highest BCUT2D eigenvalue weighted by Gasteiger charge is 2.15. The summed E-state index contributed by atoms with van der Waals surface area (Å²) in [5.41, 5.74) is 3.01. The molecule has 0 radical (unpaired) electrons. The molecule has 9 nitrogen and oxygen atoms in total. The van der Waals surface area contributed by atoms with Crippen LogP contribution in [-0.2, 0) is 10.0 Å². The first-order chi connectivity index (χ1) is 15.1. The minimum Gasteiger partial charge on any atom is -0.280 e. The number of sulfonamides is 1. The monoisotopic (exact) mass is 429 g/mol. The van der Waals surface area contributed by atoms with Gasteiger partial charge in [-0.25, -0.2) is 8.42 Å². The van der Waals surface area contributed by atoms with Crippen molar-refractivity contribution in [3.05, 3.63) is 85.3 Å². The van der Waals surface area contributed by atoms with Crippen molar-refractivity contribution in [1.29, 1.82) is 0 Å². The molecular formula is C21H15N7O2S. The highest BCUT2D eigenvalue weighted by atomic mass is 32.2. The number of nitrogens with zero attached hydrogens (tertiary/aromatic N) is 6. The Bertz CT molecular complexity index is 1470. The van der Waals surface area contributed by atoms with Crippen molar-refractivity contribution in [3.63, 3.8) is 0 Å². The number of anilines is 1. The lowest BCUT2D eigenvalue weighted by Crippen LogP contribution is -2.13. The summed E-state index contributed by atoms with van der Waals surface area (Å²) in [6.45, 7) is 0. The molecule has 0 atom stereocenters. The van der Waals surface area contributed by atoms with Crippen LogP contribution < -0.4 is 4.72 Å². The molecule has 0 amide bonds. The Balaban J connectivity index is 1.51. The van der Waals surface area contributed by atoms with Crippen molar-refractivity contribution < 1.29 is 8.42 Å². The van der Waals surface area contributed by atoms with Crippen LogP contribution in [0.2, 0.25) is 0 Å². The van der Waals surface area contributed by atoms with Crippen LogP contribution in [0.15, 0.2) is 90.2 Å². The molecule has 0 fully saturated rings. The second-order valence-electron chi connectivity index (χ2n) is 6.60. The molecule has 31 heavy (non-hydrogen) atoms. The number of fused-ring (bicyclic) bond motifs is 1. The Morgan fingerprint density at radius 3 is 2.58 bits per heavy atom. The maximum absolute atomic E-state index is 12.6. The lowest BCUT2D eigenvalue weighted by atomic mass is 10.1. The van der Waals surface area contributed by atoms with E-state index in [-0.39, 0.29) is 4.90 Å². The highest BCUT2D eigenvalue weighted by molar-refractivity contribution is 7.92. The molecule has 5 aromatic rings. The van der Waals surface area contributed by atoms with E-state index in [9.17, 15) is 8.42 Å². The van der Waals surface area contributed by atoms with Crippen molar-refractivity contribution in [2.45, 2.75) is 4.90 Å². The van der Waals surface area contributed by atoms with Gasteiger partial charge in [-0.3, -0.25) is 14.7 Å². The van der Waals surface area contributed by atoms with Crippen LogP contribution in [0.25, 0.3) is 28.4 Å². The molecule has 0 saturated heterocycles. The van der Waals surface area contributed by atoms with Crippen molar-refractivity contribution in [1.82, 2.24) is 29.8 Å². The van der Waals surface area contributed by atoms with E-state index in [1.165, 1.54) is 18.5 Å². The molecule has 5 rings (SSSR count). The molecule has 152 valence electrons. The van der Waals surface area contributed by atoms with Crippen LogP contribution >= 0.6 is 0 Å². The zero-order valence-electron chi connectivity index (χ0n) is 16.0. The Hall–Kier alpha value is -4.18. The van der Waals surface area contributed by atoms with E-state index in [0.29, 0.717) is 28.5 Å². The third-order valence-corrected chi connectivity index (χ3v) is 5.88. The summed E-state index contributed by atoms with van der Waals surface area (Å²) in [5, 5.41) is 13.0. The Morgan fingerprint density at radius 2 is 1.77 bits per heavy atom. The van der Waals surface area contributed by atoms with Gasteiger partial charge in [-0.05, 0) is 48.5 Å². The van der Waals surface area contributed by atoms with Gasteiger partial charge in [0, 0.05) is 29.8 Å². The number of aromatic nitrogens is 6. The molecule has 0 spiro atoms. The lowest BCUT2D eigenvalue weighted by molar-refractivity contribution is 0.601. The van der Waals surface area contributed by atoms with E-state index in [1.54, 1.807) is 47.1 Å². The van der Waals surface area contributed by atoms with E-state index in [4.69, 9.17) is 0 Å². The molecule has 10 heteroatoms. The molecule has 4 heterocycles. The maximum atomic E-state index is 12.6. The number of nitrogens with one attached hydrogen (secondary N) is 1. The van der Waals surface area contributed by atoms with Gasteiger partial charge in [-0.2, -0.15) is 9.61 Å². The van der Waals surface area contributed by atoms with Gasteiger partial charge < -0.3 is 0 Å².